The number of benzene rings is 1. The number of thiazole rings is 1. The number of piperazine rings is 1. The number of halogens is 2. The lowest BCUT2D eigenvalue weighted by atomic mass is 9.96. The second-order valence-corrected chi connectivity index (χ2v) is 11.0. The van der Waals surface area contributed by atoms with Gasteiger partial charge in [0.15, 0.2) is 28.6 Å². The Morgan fingerprint density at radius 2 is 1.90 bits per heavy atom. The molecule has 0 bridgehead atoms. The van der Waals surface area contributed by atoms with Gasteiger partial charge in [-0.15, -0.1) is 5.10 Å². The van der Waals surface area contributed by atoms with Crippen molar-refractivity contribution in [3.8, 4) is 17.3 Å². The molecule has 208 valence electrons. The highest BCUT2D eigenvalue weighted by Gasteiger charge is 2.25. The van der Waals surface area contributed by atoms with Crippen molar-refractivity contribution in [3.63, 3.8) is 0 Å². The minimum atomic E-state index is -0.671. The van der Waals surface area contributed by atoms with Crippen molar-refractivity contribution < 1.29 is 17.9 Å². The fraction of sp³-hybridized carbons (Fsp3) is 0.385. The van der Waals surface area contributed by atoms with E-state index in [4.69, 9.17) is 14.9 Å². The quantitative estimate of drug-likeness (QED) is 0.315. The summed E-state index contributed by atoms with van der Waals surface area (Å²) in [4.78, 5) is 25.9. The summed E-state index contributed by atoms with van der Waals surface area (Å²) < 4.78 is 43.7. The Labute approximate surface area is 230 Å². The molecule has 5 heterocycles. The molecule has 5 aromatic rings. The monoisotopic (exact) mass is 568 g/mol. The number of aromatic nitrogens is 5. The predicted molar refractivity (Wildman–Crippen MR) is 146 cm³/mol. The molecule has 11 nitrogen and oxygen atoms in total. The molecule has 40 heavy (non-hydrogen) atoms. The van der Waals surface area contributed by atoms with Gasteiger partial charge >= 0.3 is 4.87 Å². The van der Waals surface area contributed by atoms with Crippen LogP contribution in [0.2, 0.25) is 0 Å². The molecular weight excluding hydrogens is 542 g/mol. The average molecular weight is 569 g/mol. The molecule has 1 aliphatic heterocycles. The molecule has 1 aromatic carbocycles. The van der Waals surface area contributed by atoms with Gasteiger partial charge in [-0.05, 0) is 31.4 Å². The number of rotatable bonds is 7. The molecule has 1 saturated heterocycles. The molecule has 2 aliphatic rings. The van der Waals surface area contributed by atoms with E-state index in [1.807, 2.05) is 4.90 Å². The number of hydrogen-bond donors (Lipinski definition) is 1. The van der Waals surface area contributed by atoms with Gasteiger partial charge in [-0.1, -0.05) is 11.3 Å². The van der Waals surface area contributed by atoms with Crippen LogP contribution in [0.25, 0.3) is 27.6 Å². The number of fused-ring (bicyclic) bond motifs is 3. The van der Waals surface area contributed by atoms with Gasteiger partial charge in [-0.2, -0.15) is 9.50 Å². The van der Waals surface area contributed by atoms with Gasteiger partial charge in [-0.25, -0.2) is 13.8 Å². The van der Waals surface area contributed by atoms with Crippen LogP contribution >= 0.6 is 11.3 Å². The van der Waals surface area contributed by atoms with E-state index < -0.39 is 11.6 Å². The lowest BCUT2D eigenvalue weighted by Crippen LogP contribution is -2.47. The van der Waals surface area contributed by atoms with Crippen LogP contribution in [0.4, 0.5) is 20.4 Å². The van der Waals surface area contributed by atoms with Gasteiger partial charge in [0, 0.05) is 51.4 Å². The molecule has 14 heteroatoms. The molecular formula is C26H26F2N8O3S. The van der Waals surface area contributed by atoms with Crippen molar-refractivity contribution in [2.24, 2.45) is 0 Å². The average Bonchev–Trinajstić information content (AvgIpc) is 3.66. The summed E-state index contributed by atoms with van der Waals surface area (Å²) in [6.07, 6.45) is 4.39. The van der Waals surface area contributed by atoms with E-state index >= 15 is 0 Å². The van der Waals surface area contributed by atoms with Gasteiger partial charge in [0.25, 0.3) is 0 Å². The first-order valence-corrected chi connectivity index (χ1v) is 14.0. The van der Waals surface area contributed by atoms with Crippen LogP contribution < -0.4 is 20.2 Å². The first kappa shape index (κ1) is 25.0. The van der Waals surface area contributed by atoms with Gasteiger partial charge in [0.2, 0.25) is 11.8 Å². The fourth-order valence-electron chi connectivity index (χ4n) is 5.11. The van der Waals surface area contributed by atoms with E-state index in [0.717, 1.165) is 36.7 Å². The molecule has 1 saturated carbocycles. The smallest absolute Gasteiger partial charge is 0.309 e. The van der Waals surface area contributed by atoms with Crippen molar-refractivity contribution in [2.45, 2.75) is 31.9 Å². The Hall–Kier alpha value is -4.04. The minimum absolute atomic E-state index is 0.00463. The number of ether oxygens (including phenoxy) is 1. The fourth-order valence-corrected chi connectivity index (χ4v) is 6.04. The summed E-state index contributed by atoms with van der Waals surface area (Å²) in [5, 5.41) is 4.38. The third kappa shape index (κ3) is 4.36. The van der Waals surface area contributed by atoms with Crippen LogP contribution in [-0.2, 0) is 6.54 Å². The van der Waals surface area contributed by atoms with E-state index in [0.29, 0.717) is 72.5 Å². The number of nitrogens with two attached hydrogens (primary N) is 1. The Morgan fingerprint density at radius 1 is 1.07 bits per heavy atom. The van der Waals surface area contributed by atoms with E-state index in [2.05, 4.69) is 20.0 Å². The van der Waals surface area contributed by atoms with Crippen LogP contribution in [0, 0.1) is 11.6 Å². The maximum atomic E-state index is 14.7. The zero-order chi connectivity index (χ0) is 27.4. The third-order valence-corrected chi connectivity index (χ3v) is 8.52. The van der Waals surface area contributed by atoms with Gasteiger partial charge in [0.05, 0.1) is 18.1 Å². The topological polar surface area (TPSA) is 120 Å². The molecule has 1 aliphatic carbocycles. The molecule has 0 spiro atoms. The largest absolute Gasteiger partial charge is 0.487 e. The third-order valence-electron chi connectivity index (χ3n) is 7.56. The zero-order valence-corrected chi connectivity index (χ0v) is 22.2. The Kier molecular flexibility index (Phi) is 6.15. The molecule has 0 unspecified atom stereocenters. The first-order chi connectivity index (χ1) is 19.4. The highest BCUT2D eigenvalue weighted by atomic mass is 32.1. The number of nitrogens with zero attached hydrogens (tertiary/aromatic N) is 7. The molecule has 7 rings (SSSR count). The lowest BCUT2D eigenvalue weighted by Gasteiger charge is -2.36. The normalized spacial score (nSPS) is 16.7. The number of furan rings is 1. The van der Waals surface area contributed by atoms with Crippen molar-refractivity contribution in [1.82, 2.24) is 29.0 Å². The van der Waals surface area contributed by atoms with E-state index in [1.165, 1.54) is 16.8 Å². The summed E-state index contributed by atoms with van der Waals surface area (Å²) in [5.41, 5.74) is 7.44. The van der Waals surface area contributed by atoms with Gasteiger partial charge in [-0.3, -0.25) is 14.3 Å². The summed E-state index contributed by atoms with van der Waals surface area (Å²) in [6.45, 7) is 3.44. The minimum Gasteiger partial charge on any atom is -0.487 e. The van der Waals surface area contributed by atoms with Crippen molar-refractivity contribution in [2.75, 3.05) is 43.4 Å². The Bertz CT molecular complexity index is 1750. The van der Waals surface area contributed by atoms with Gasteiger partial charge < -0.3 is 19.8 Å². The van der Waals surface area contributed by atoms with Crippen LogP contribution in [0.1, 0.15) is 19.3 Å². The van der Waals surface area contributed by atoms with E-state index in [-0.39, 0.29) is 22.7 Å². The maximum absolute atomic E-state index is 14.7. The molecule has 2 N–H and O–H groups in total. The summed E-state index contributed by atoms with van der Waals surface area (Å²) in [7, 11) is 0. The highest BCUT2D eigenvalue weighted by Crippen LogP contribution is 2.33. The van der Waals surface area contributed by atoms with E-state index in [1.54, 1.807) is 16.7 Å². The number of hydrogen-bond acceptors (Lipinski definition) is 10. The molecule has 4 aromatic heterocycles. The molecule has 2 fully saturated rings. The second-order valence-electron chi connectivity index (χ2n) is 10.0. The number of anilines is 2. The predicted octanol–water partition coefficient (Wildman–Crippen LogP) is 3.37. The zero-order valence-electron chi connectivity index (χ0n) is 21.4. The van der Waals surface area contributed by atoms with Crippen molar-refractivity contribution in [1.29, 1.82) is 0 Å². The van der Waals surface area contributed by atoms with Crippen LogP contribution in [-0.4, -0.2) is 67.9 Å². The number of nitrogen functional groups attached to an aromatic ring is 1. The Balaban J connectivity index is 1.05. The van der Waals surface area contributed by atoms with Crippen molar-refractivity contribution in [3.05, 3.63) is 51.8 Å². The van der Waals surface area contributed by atoms with Gasteiger partial charge in [0.1, 0.15) is 10.5 Å². The summed E-state index contributed by atoms with van der Waals surface area (Å²) >= 11 is 1.05. The van der Waals surface area contributed by atoms with Crippen LogP contribution in [0.5, 0.6) is 5.75 Å². The molecule has 0 atom stereocenters. The van der Waals surface area contributed by atoms with Crippen molar-refractivity contribution >= 4 is 39.0 Å². The molecule has 0 radical (unpaired) electrons. The highest BCUT2D eigenvalue weighted by molar-refractivity contribution is 7.17. The van der Waals surface area contributed by atoms with E-state index in [9.17, 15) is 13.6 Å². The summed E-state index contributed by atoms with van der Waals surface area (Å²) in [6, 6.07) is 5.88. The SMILES string of the molecule is Nc1nc2c(sc(=O)n2CCN2CCN(c3cc(OC4CCC4)c(F)cc3F)CC2)c2nc(-c3ccco3)nn12. The Morgan fingerprint density at radius 3 is 2.62 bits per heavy atom. The summed E-state index contributed by atoms with van der Waals surface area (Å²) in [5.74, 6) is -0.190. The van der Waals surface area contributed by atoms with Crippen LogP contribution in [0.15, 0.2) is 39.7 Å². The maximum Gasteiger partial charge on any atom is 0.309 e. The second kappa shape index (κ2) is 9.86. The lowest BCUT2D eigenvalue weighted by molar-refractivity contribution is 0.115. The first-order valence-electron chi connectivity index (χ1n) is 13.2. The standard InChI is InChI=1S/C26H26F2N8O3S/c27-16-13-17(28)20(39-15-3-1-4-15)14-18(16)34-9-6-33(7-10-34)8-11-35-23-21(40-26(35)37)24-30-22(19-5-2-12-38-19)32-36(24)25(29)31-23/h2,5,12-15H,1,3-4,6-11H2,(H2,29,31). The van der Waals surface area contributed by atoms with Crippen LogP contribution in [0.3, 0.4) is 0 Å². The molecule has 0 amide bonds.